The zero-order valence-electron chi connectivity index (χ0n) is 12.3. The largest absolute Gasteiger partial charge is 0.330 e. The highest BCUT2D eigenvalue weighted by Crippen LogP contribution is 2.27. The van der Waals surface area contributed by atoms with Crippen molar-refractivity contribution in [3.63, 3.8) is 0 Å². The van der Waals surface area contributed by atoms with Crippen LogP contribution >= 0.6 is 0 Å². The molecule has 1 unspecified atom stereocenters. The Hall–Kier alpha value is -2.13. The number of fused-ring (bicyclic) bond motifs is 1. The Morgan fingerprint density at radius 1 is 1.14 bits per heavy atom. The van der Waals surface area contributed by atoms with Crippen molar-refractivity contribution >= 4 is 5.91 Å². The molecule has 0 saturated carbocycles. The summed E-state index contributed by atoms with van der Waals surface area (Å²) >= 11 is 0. The van der Waals surface area contributed by atoms with Crippen molar-refractivity contribution in [2.24, 2.45) is 5.73 Å². The Balaban J connectivity index is 1.80. The summed E-state index contributed by atoms with van der Waals surface area (Å²) in [6.45, 7) is 3.45. The Bertz CT molecular complexity index is 652. The quantitative estimate of drug-likeness (QED) is 0.938. The lowest BCUT2D eigenvalue weighted by Crippen LogP contribution is -2.25. The summed E-state index contributed by atoms with van der Waals surface area (Å²) in [5.74, 6) is 0.0909. The number of carbonyl (C=O) groups is 1. The average Bonchev–Trinajstić information content (AvgIpc) is 2.97. The molecule has 0 aliphatic carbocycles. The second-order valence-corrected chi connectivity index (χ2v) is 5.57. The predicted molar refractivity (Wildman–Crippen MR) is 83.7 cm³/mol. The first kappa shape index (κ1) is 13.8. The second kappa shape index (κ2) is 5.70. The summed E-state index contributed by atoms with van der Waals surface area (Å²) in [5.41, 5.74) is 10.4. The van der Waals surface area contributed by atoms with Gasteiger partial charge in [-0.05, 0) is 35.2 Å². The fourth-order valence-corrected chi connectivity index (χ4v) is 2.79. The van der Waals surface area contributed by atoms with Gasteiger partial charge in [0, 0.05) is 24.7 Å². The van der Waals surface area contributed by atoms with Crippen molar-refractivity contribution < 1.29 is 4.79 Å². The van der Waals surface area contributed by atoms with Crippen molar-refractivity contribution in [2.75, 3.05) is 0 Å². The zero-order valence-corrected chi connectivity index (χ0v) is 12.3. The van der Waals surface area contributed by atoms with Crippen molar-refractivity contribution in [2.45, 2.75) is 32.5 Å². The van der Waals surface area contributed by atoms with Gasteiger partial charge in [-0.3, -0.25) is 4.79 Å². The number of carbonyl (C=O) groups excluding carboxylic acids is 1. The maximum Gasteiger partial charge on any atom is 0.254 e. The van der Waals surface area contributed by atoms with Crippen LogP contribution in [0.15, 0.2) is 48.5 Å². The van der Waals surface area contributed by atoms with Crippen LogP contribution in [0, 0.1) is 0 Å². The van der Waals surface area contributed by atoms with Crippen molar-refractivity contribution in [1.29, 1.82) is 0 Å². The van der Waals surface area contributed by atoms with Crippen LogP contribution in [0.3, 0.4) is 0 Å². The van der Waals surface area contributed by atoms with E-state index < -0.39 is 0 Å². The van der Waals surface area contributed by atoms with Crippen LogP contribution in [-0.2, 0) is 13.1 Å². The molecule has 3 nitrogen and oxygen atoms in total. The molecule has 2 aromatic carbocycles. The van der Waals surface area contributed by atoms with Gasteiger partial charge in [0.1, 0.15) is 0 Å². The van der Waals surface area contributed by atoms with E-state index in [4.69, 9.17) is 5.73 Å². The minimum atomic E-state index is 0.0779. The van der Waals surface area contributed by atoms with E-state index in [1.165, 1.54) is 11.1 Å². The number of rotatable bonds is 3. The van der Waals surface area contributed by atoms with Gasteiger partial charge in [0.25, 0.3) is 5.91 Å². The summed E-state index contributed by atoms with van der Waals surface area (Å²) in [6, 6.07) is 15.9. The average molecular weight is 280 g/mol. The molecular formula is C18H20N2O. The third-order valence-corrected chi connectivity index (χ3v) is 4.13. The van der Waals surface area contributed by atoms with E-state index in [1.807, 2.05) is 35.2 Å². The van der Waals surface area contributed by atoms with E-state index in [1.54, 1.807) is 0 Å². The lowest BCUT2D eigenvalue weighted by atomic mass is 10.0. The molecular weight excluding hydrogens is 260 g/mol. The Labute approximate surface area is 125 Å². The standard InChI is InChI=1S/C18H20N2O/c1-2-17(19)14-8-9-15-11-20(12-16(15)10-14)18(21)13-6-4-3-5-7-13/h3-10,17H,2,11-12,19H2,1H3. The van der Waals surface area contributed by atoms with E-state index in [9.17, 15) is 4.79 Å². The molecule has 21 heavy (non-hydrogen) atoms. The fourth-order valence-electron chi connectivity index (χ4n) is 2.79. The maximum absolute atomic E-state index is 12.5. The van der Waals surface area contributed by atoms with E-state index in [2.05, 4.69) is 25.1 Å². The minimum Gasteiger partial charge on any atom is -0.330 e. The first-order valence-corrected chi connectivity index (χ1v) is 7.40. The van der Waals surface area contributed by atoms with Crippen LogP contribution in [-0.4, -0.2) is 10.8 Å². The van der Waals surface area contributed by atoms with Gasteiger partial charge < -0.3 is 10.6 Å². The number of hydrogen-bond acceptors (Lipinski definition) is 2. The van der Waals surface area contributed by atoms with Gasteiger partial charge in [0.05, 0.1) is 0 Å². The highest BCUT2D eigenvalue weighted by molar-refractivity contribution is 5.94. The van der Waals surface area contributed by atoms with E-state index in [-0.39, 0.29) is 11.9 Å². The number of hydrogen-bond donors (Lipinski definition) is 1. The van der Waals surface area contributed by atoms with Gasteiger partial charge in [-0.15, -0.1) is 0 Å². The predicted octanol–water partition coefficient (Wildman–Crippen LogP) is 3.25. The molecule has 0 saturated heterocycles. The number of nitrogens with zero attached hydrogens (tertiary/aromatic N) is 1. The smallest absolute Gasteiger partial charge is 0.254 e. The molecule has 1 aliphatic heterocycles. The minimum absolute atomic E-state index is 0.0779. The van der Waals surface area contributed by atoms with Crippen molar-refractivity contribution in [3.8, 4) is 0 Å². The molecule has 1 aliphatic rings. The third-order valence-electron chi connectivity index (χ3n) is 4.13. The highest BCUT2D eigenvalue weighted by atomic mass is 16.2. The Kier molecular flexibility index (Phi) is 3.76. The van der Waals surface area contributed by atoms with Gasteiger partial charge in [0.15, 0.2) is 0 Å². The molecule has 3 heteroatoms. The van der Waals surface area contributed by atoms with Crippen LogP contribution in [0.5, 0.6) is 0 Å². The van der Waals surface area contributed by atoms with Crippen LogP contribution in [0.25, 0.3) is 0 Å². The number of nitrogens with two attached hydrogens (primary N) is 1. The SMILES string of the molecule is CCC(N)c1ccc2c(c1)CN(C(=O)c1ccccc1)C2. The molecule has 1 atom stereocenters. The molecule has 0 bridgehead atoms. The normalized spacial score (nSPS) is 14.9. The molecule has 1 amide bonds. The molecule has 3 rings (SSSR count). The third kappa shape index (κ3) is 2.69. The summed E-state index contributed by atoms with van der Waals surface area (Å²) in [5, 5.41) is 0. The van der Waals surface area contributed by atoms with Gasteiger partial charge in [-0.1, -0.05) is 43.3 Å². The second-order valence-electron chi connectivity index (χ2n) is 5.57. The van der Waals surface area contributed by atoms with E-state index in [0.29, 0.717) is 13.1 Å². The monoisotopic (exact) mass is 280 g/mol. The van der Waals surface area contributed by atoms with Crippen LogP contribution in [0.4, 0.5) is 0 Å². The number of amides is 1. The number of benzene rings is 2. The van der Waals surface area contributed by atoms with Gasteiger partial charge in [-0.2, -0.15) is 0 Å². The molecule has 0 aromatic heterocycles. The molecule has 0 radical (unpaired) electrons. The Morgan fingerprint density at radius 2 is 1.86 bits per heavy atom. The fraction of sp³-hybridized carbons (Fsp3) is 0.278. The summed E-state index contributed by atoms with van der Waals surface area (Å²) in [6.07, 6.45) is 0.922. The molecule has 0 fully saturated rings. The van der Waals surface area contributed by atoms with Gasteiger partial charge in [-0.25, -0.2) is 0 Å². The maximum atomic E-state index is 12.5. The van der Waals surface area contributed by atoms with Gasteiger partial charge >= 0.3 is 0 Å². The molecule has 2 aromatic rings. The molecule has 2 N–H and O–H groups in total. The first-order chi connectivity index (χ1) is 10.2. The van der Waals surface area contributed by atoms with E-state index in [0.717, 1.165) is 17.5 Å². The van der Waals surface area contributed by atoms with Crippen molar-refractivity contribution in [1.82, 2.24) is 4.90 Å². The van der Waals surface area contributed by atoms with Crippen molar-refractivity contribution in [3.05, 3.63) is 70.8 Å². The van der Waals surface area contributed by atoms with Crippen LogP contribution < -0.4 is 5.73 Å². The topological polar surface area (TPSA) is 46.3 Å². The summed E-state index contributed by atoms with van der Waals surface area (Å²) < 4.78 is 0. The first-order valence-electron chi connectivity index (χ1n) is 7.40. The Morgan fingerprint density at radius 3 is 2.57 bits per heavy atom. The lowest BCUT2D eigenvalue weighted by Gasteiger charge is -2.15. The lowest BCUT2D eigenvalue weighted by molar-refractivity contribution is 0.0751. The summed E-state index contributed by atoms with van der Waals surface area (Å²) in [7, 11) is 0. The highest BCUT2D eigenvalue weighted by Gasteiger charge is 2.24. The molecule has 0 spiro atoms. The van der Waals surface area contributed by atoms with E-state index >= 15 is 0 Å². The zero-order chi connectivity index (χ0) is 14.8. The molecule has 108 valence electrons. The summed E-state index contributed by atoms with van der Waals surface area (Å²) in [4.78, 5) is 14.4. The molecule has 1 heterocycles. The van der Waals surface area contributed by atoms with Gasteiger partial charge in [0.2, 0.25) is 0 Å². The van der Waals surface area contributed by atoms with Crippen LogP contribution in [0.2, 0.25) is 0 Å². The van der Waals surface area contributed by atoms with Crippen LogP contribution in [0.1, 0.15) is 46.4 Å².